The molecular formula is C22H30FN5. The molecule has 6 heteroatoms. The molecule has 2 aromatic rings. The van der Waals surface area contributed by atoms with Gasteiger partial charge in [0.1, 0.15) is 11.6 Å². The molecule has 28 heavy (non-hydrogen) atoms. The summed E-state index contributed by atoms with van der Waals surface area (Å²) >= 11 is 0. The molecule has 1 aliphatic rings. The van der Waals surface area contributed by atoms with E-state index in [0.717, 1.165) is 61.1 Å². The van der Waals surface area contributed by atoms with Crippen molar-refractivity contribution in [2.24, 2.45) is 4.99 Å². The first-order valence-corrected chi connectivity index (χ1v) is 10.1. The summed E-state index contributed by atoms with van der Waals surface area (Å²) in [6.45, 7) is 8.33. The molecule has 0 unspecified atom stereocenters. The first-order valence-electron chi connectivity index (χ1n) is 10.1. The van der Waals surface area contributed by atoms with E-state index in [1.807, 2.05) is 25.3 Å². The summed E-state index contributed by atoms with van der Waals surface area (Å²) in [4.78, 5) is 11.5. The number of benzene rings is 1. The van der Waals surface area contributed by atoms with E-state index < -0.39 is 0 Å². The molecule has 150 valence electrons. The van der Waals surface area contributed by atoms with Crippen LogP contribution in [0.5, 0.6) is 0 Å². The Morgan fingerprint density at radius 1 is 1.18 bits per heavy atom. The van der Waals surface area contributed by atoms with Gasteiger partial charge in [-0.25, -0.2) is 14.4 Å². The highest BCUT2D eigenvalue weighted by molar-refractivity contribution is 5.79. The fourth-order valence-electron chi connectivity index (χ4n) is 3.45. The maximum absolute atomic E-state index is 13.2. The number of pyridine rings is 1. The molecule has 1 aliphatic heterocycles. The van der Waals surface area contributed by atoms with Crippen LogP contribution in [0.15, 0.2) is 41.5 Å². The van der Waals surface area contributed by atoms with Crippen molar-refractivity contribution in [2.45, 2.75) is 39.7 Å². The van der Waals surface area contributed by atoms with Gasteiger partial charge in [-0.1, -0.05) is 6.07 Å². The van der Waals surface area contributed by atoms with Crippen LogP contribution in [0.25, 0.3) is 0 Å². The summed E-state index contributed by atoms with van der Waals surface area (Å²) in [5, 5.41) is 6.66. The number of hydrogen-bond donors (Lipinski definition) is 2. The Morgan fingerprint density at radius 2 is 2.00 bits per heavy atom. The molecule has 0 atom stereocenters. The highest BCUT2D eigenvalue weighted by atomic mass is 19.1. The lowest BCUT2D eigenvalue weighted by Gasteiger charge is -2.16. The van der Waals surface area contributed by atoms with Gasteiger partial charge in [0.15, 0.2) is 5.96 Å². The zero-order chi connectivity index (χ0) is 19.8. The number of nitrogens with zero attached hydrogens (tertiary/aromatic N) is 3. The van der Waals surface area contributed by atoms with E-state index in [2.05, 4.69) is 33.5 Å². The van der Waals surface area contributed by atoms with Crippen LogP contribution >= 0.6 is 0 Å². The fourth-order valence-corrected chi connectivity index (χ4v) is 3.45. The molecule has 0 amide bonds. The largest absolute Gasteiger partial charge is 0.357 e. The van der Waals surface area contributed by atoms with Gasteiger partial charge in [0.2, 0.25) is 0 Å². The standard InChI is InChI=1S/C22H30FN5/c1-3-24-22(26-11-9-19-6-7-20(23)14-17(19)2)27-16-18-8-10-25-21(15-18)28-12-4-5-13-28/h6-8,10,14-15H,3-5,9,11-13,16H2,1-2H3,(H2,24,26,27). The molecule has 0 aliphatic carbocycles. The van der Waals surface area contributed by atoms with Crippen molar-refractivity contribution in [1.82, 2.24) is 15.6 Å². The third kappa shape index (κ3) is 5.68. The predicted octanol–water partition coefficient (Wildman–Crippen LogP) is 3.43. The molecule has 0 radical (unpaired) electrons. The van der Waals surface area contributed by atoms with E-state index in [0.29, 0.717) is 6.54 Å². The molecular weight excluding hydrogens is 353 g/mol. The van der Waals surface area contributed by atoms with Gasteiger partial charge in [-0.2, -0.15) is 0 Å². The summed E-state index contributed by atoms with van der Waals surface area (Å²) in [7, 11) is 0. The Kier molecular flexibility index (Phi) is 7.23. The molecule has 0 spiro atoms. The molecule has 1 aromatic carbocycles. The van der Waals surface area contributed by atoms with Crippen molar-refractivity contribution in [3.63, 3.8) is 0 Å². The quantitative estimate of drug-likeness (QED) is 0.568. The highest BCUT2D eigenvalue weighted by Gasteiger charge is 2.13. The lowest BCUT2D eigenvalue weighted by Crippen LogP contribution is -2.38. The Labute approximate surface area is 167 Å². The van der Waals surface area contributed by atoms with Crippen LogP contribution in [0.1, 0.15) is 36.5 Å². The number of aryl methyl sites for hydroxylation is 1. The molecule has 0 saturated carbocycles. The van der Waals surface area contributed by atoms with Crippen LogP contribution in [0, 0.1) is 12.7 Å². The van der Waals surface area contributed by atoms with Crippen molar-refractivity contribution >= 4 is 11.8 Å². The molecule has 2 N–H and O–H groups in total. The number of halogens is 1. The van der Waals surface area contributed by atoms with Gasteiger partial charge in [-0.05, 0) is 74.1 Å². The van der Waals surface area contributed by atoms with Crippen LogP contribution in [0.4, 0.5) is 10.2 Å². The van der Waals surface area contributed by atoms with E-state index in [1.54, 1.807) is 6.07 Å². The average molecular weight is 384 g/mol. The van der Waals surface area contributed by atoms with Crippen LogP contribution in [0.2, 0.25) is 0 Å². The zero-order valence-electron chi connectivity index (χ0n) is 16.8. The molecule has 0 bridgehead atoms. The molecule has 1 aromatic heterocycles. The van der Waals surface area contributed by atoms with Crippen molar-refractivity contribution in [1.29, 1.82) is 0 Å². The lowest BCUT2D eigenvalue weighted by molar-refractivity contribution is 0.625. The molecule has 2 heterocycles. The topological polar surface area (TPSA) is 52.6 Å². The Hall–Kier alpha value is -2.63. The van der Waals surface area contributed by atoms with Crippen LogP contribution in [0.3, 0.4) is 0 Å². The maximum atomic E-state index is 13.2. The van der Waals surface area contributed by atoms with Crippen molar-refractivity contribution in [3.8, 4) is 0 Å². The normalized spacial score (nSPS) is 14.4. The SMILES string of the molecule is CCNC(=NCc1ccnc(N2CCCC2)c1)NCCc1ccc(F)cc1C. The van der Waals surface area contributed by atoms with E-state index >= 15 is 0 Å². The number of hydrogen-bond acceptors (Lipinski definition) is 3. The minimum absolute atomic E-state index is 0.185. The molecule has 1 fully saturated rings. The first-order chi connectivity index (χ1) is 13.7. The summed E-state index contributed by atoms with van der Waals surface area (Å²) in [5.74, 6) is 1.66. The van der Waals surface area contributed by atoms with Crippen molar-refractivity contribution in [3.05, 3.63) is 59.0 Å². The molecule has 1 saturated heterocycles. The number of guanidine groups is 1. The molecule has 3 rings (SSSR count). The van der Waals surface area contributed by atoms with Gasteiger partial charge in [0.05, 0.1) is 6.54 Å². The van der Waals surface area contributed by atoms with E-state index in [4.69, 9.17) is 4.99 Å². The Balaban J connectivity index is 1.57. The van der Waals surface area contributed by atoms with Gasteiger partial charge in [0, 0.05) is 32.4 Å². The monoisotopic (exact) mass is 383 g/mol. The van der Waals surface area contributed by atoms with Crippen molar-refractivity contribution < 1.29 is 4.39 Å². The third-order valence-electron chi connectivity index (χ3n) is 5.00. The van der Waals surface area contributed by atoms with Gasteiger partial charge in [-0.15, -0.1) is 0 Å². The minimum Gasteiger partial charge on any atom is -0.357 e. The van der Waals surface area contributed by atoms with Crippen LogP contribution < -0.4 is 15.5 Å². The first kappa shape index (κ1) is 20.1. The number of aromatic nitrogens is 1. The van der Waals surface area contributed by atoms with Crippen LogP contribution in [-0.4, -0.2) is 37.1 Å². The van der Waals surface area contributed by atoms with Gasteiger partial charge in [-0.3, -0.25) is 0 Å². The molecule has 5 nitrogen and oxygen atoms in total. The third-order valence-corrected chi connectivity index (χ3v) is 5.00. The van der Waals surface area contributed by atoms with Gasteiger partial charge < -0.3 is 15.5 Å². The van der Waals surface area contributed by atoms with Crippen molar-refractivity contribution in [2.75, 3.05) is 31.1 Å². The fraction of sp³-hybridized carbons (Fsp3) is 0.455. The number of rotatable bonds is 7. The van der Waals surface area contributed by atoms with Crippen LogP contribution in [-0.2, 0) is 13.0 Å². The summed E-state index contributed by atoms with van der Waals surface area (Å²) in [5.41, 5.74) is 3.28. The number of anilines is 1. The van der Waals surface area contributed by atoms with E-state index in [1.165, 1.54) is 18.9 Å². The maximum Gasteiger partial charge on any atom is 0.191 e. The number of aliphatic imine (C=N–C) groups is 1. The second-order valence-corrected chi connectivity index (χ2v) is 7.16. The zero-order valence-corrected chi connectivity index (χ0v) is 16.8. The predicted molar refractivity (Wildman–Crippen MR) is 113 cm³/mol. The lowest BCUT2D eigenvalue weighted by atomic mass is 10.1. The smallest absolute Gasteiger partial charge is 0.191 e. The number of nitrogens with one attached hydrogen (secondary N) is 2. The van der Waals surface area contributed by atoms with Gasteiger partial charge in [0.25, 0.3) is 0 Å². The van der Waals surface area contributed by atoms with E-state index in [9.17, 15) is 4.39 Å². The Bertz CT molecular complexity index is 799. The second-order valence-electron chi connectivity index (χ2n) is 7.16. The minimum atomic E-state index is -0.185. The van der Waals surface area contributed by atoms with E-state index in [-0.39, 0.29) is 5.82 Å². The summed E-state index contributed by atoms with van der Waals surface area (Å²) < 4.78 is 13.2. The highest BCUT2D eigenvalue weighted by Crippen LogP contribution is 2.18. The Morgan fingerprint density at radius 3 is 2.75 bits per heavy atom. The average Bonchev–Trinajstić information content (AvgIpc) is 3.23. The second kappa shape index (κ2) is 10.1. The summed E-state index contributed by atoms with van der Waals surface area (Å²) in [6, 6.07) is 9.11. The van der Waals surface area contributed by atoms with Gasteiger partial charge >= 0.3 is 0 Å². The summed E-state index contributed by atoms with van der Waals surface area (Å²) in [6.07, 6.45) is 5.18.